The van der Waals surface area contributed by atoms with Gasteiger partial charge in [-0.3, -0.25) is 4.68 Å². The molecular formula is C13H11F3N2O3. The van der Waals surface area contributed by atoms with Crippen LogP contribution in [0.25, 0.3) is 0 Å². The number of hydrogen-bond acceptors (Lipinski definition) is 3. The third-order valence-electron chi connectivity index (χ3n) is 2.78. The van der Waals surface area contributed by atoms with Crippen LogP contribution in [0.4, 0.5) is 13.2 Å². The Morgan fingerprint density at radius 1 is 1.33 bits per heavy atom. The van der Waals surface area contributed by atoms with E-state index in [4.69, 9.17) is 9.84 Å². The number of carbonyl (C=O) groups is 1. The topological polar surface area (TPSA) is 64.4 Å². The Balaban J connectivity index is 2.33. The van der Waals surface area contributed by atoms with Crippen LogP contribution in [0.3, 0.4) is 0 Å². The highest BCUT2D eigenvalue weighted by Crippen LogP contribution is 2.28. The minimum absolute atomic E-state index is 0.0816. The van der Waals surface area contributed by atoms with Crippen molar-refractivity contribution in [2.75, 3.05) is 7.11 Å². The number of carboxylic acid groups (broad SMARTS) is 1. The molecule has 0 unspecified atom stereocenters. The van der Waals surface area contributed by atoms with Crippen LogP contribution in [0.5, 0.6) is 5.75 Å². The lowest BCUT2D eigenvalue weighted by Gasteiger charge is -2.06. The van der Waals surface area contributed by atoms with Crippen molar-refractivity contribution in [2.45, 2.75) is 12.7 Å². The number of rotatable bonds is 4. The second-order valence-electron chi connectivity index (χ2n) is 4.22. The molecule has 1 heterocycles. The van der Waals surface area contributed by atoms with Crippen molar-refractivity contribution in [1.29, 1.82) is 0 Å². The molecule has 0 amide bonds. The highest BCUT2D eigenvalue weighted by molar-refractivity contribution is 5.85. The van der Waals surface area contributed by atoms with Crippen molar-refractivity contribution < 1.29 is 27.8 Å². The molecule has 8 heteroatoms. The van der Waals surface area contributed by atoms with Gasteiger partial charge in [-0.25, -0.2) is 4.79 Å². The summed E-state index contributed by atoms with van der Waals surface area (Å²) in [4.78, 5) is 11.0. The first-order chi connectivity index (χ1) is 9.81. The van der Waals surface area contributed by atoms with Crippen molar-refractivity contribution >= 4 is 5.97 Å². The molecule has 112 valence electrons. The number of aromatic carboxylic acids is 1. The molecule has 5 nitrogen and oxygen atoms in total. The maximum atomic E-state index is 12.6. The number of hydrogen-bond donors (Lipinski definition) is 1. The summed E-state index contributed by atoms with van der Waals surface area (Å²) in [6.45, 7) is -0.0816. The normalized spacial score (nSPS) is 11.4. The molecule has 0 aliphatic carbocycles. The zero-order valence-electron chi connectivity index (χ0n) is 10.9. The first-order valence-corrected chi connectivity index (χ1v) is 5.82. The van der Waals surface area contributed by atoms with Gasteiger partial charge in [0.05, 0.1) is 13.7 Å². The van der Waals surface area contributed by atoms with Crippen molar-refractivity contribution in [3.63, 3.8) is 0 Å². The lowest BCUT2D eigenvalue weighted by Crippen LogP contribution is -2.12. The van der Waals surface area contributed by atoms with Crippen LogP contribution in [0, 0.1) is 0 Å². The van der Waals surface area contributed by atoms with Crippen molar-refractivity contribution in [1.82, 2.24) is 9.78 Å². The van der Waals surface area contributed by atoms with Gasteiger partial charge in [0.25, 0.3) is 0 Å². The zero-order chi connectivity index (χ0) is 15.6. The number of carboxylic acids is 1. The van der Waals surface area contributed by atoms with Gasteiger partial charge in [-0.1, -0.05) is 12.1 Å². The molecule has 1 aromatic heterocycles. The molecule has 1 aromatic carbocycles. The van der Waals surface area contributed by atoms with E-state index in [2.05, 4.69) is 5.10 Å². The van der Waals surface area contributed by atoms with Gasteiger partial charge in [0, 0.05) is 6.07 Å². The van der Waals surface area contributed by atoms with Crippen LogP contribution in [0.2, 0.25) is 0 Å². The maximum absolute atomic E-state index is 12.6. The second kappa shape index (κ2) is 5.47. The fraction of sp³-hybridized carbons (Fsp3) is 0.231. The van der Waals surface area contributed by atoms with Crippen molar-refractivity contribution in [3.05, 3.63) is 47.3 Å². The summed E-state index contributed by atoms with van der Waals surface area (Å²) in [6.07, 6.45) is -4.69. The number of methoxy groups -OCH3 is 1. The van der Waals surface area contributed by atoms with E-state index < -0.39 is 23.5 Å². The molecule has 0 fully saturated rings. The van der Waals surface area contributed by atoms with Crippen LogP contribution in [0.1, 0.15) is 21.7 Å². The lowest BCUT2D eigenvalue weighted by atomic mass is 10.2. The van der Waals surface area contributed by atoms with Gasteiger partial charge in [0.15, 0.2) is 5.69 Å². The Labute approximate surface area is 117 Å². The fourth-order valence-electron chi connectivity index (χ4n) is 1.75. The van der Waals surface area contributed by atoms with Crippen LogP contribution >= 0.6 is 0 Å². The van der Waals surface area contributed by atoms with Gasteiger partial charge < -0.3 is 9.84 Å². The summed E-state index contributed by atoms with van der Waals surface area (Å²) < 4.78 is 43.6. The van der Waals surface area contributed by atoms with Gasteiger partial charge in [0.2, 0.25) is 0 Å². The molecule has 2 rings (SSSR count). The molecule has 1 N–H and O–H groups in total. The molecule has 0 saturated carbocycles. The number of nitrogens with zero attached hydrogens (tertiary/aromatic N) is 2. The SMILES string of the molecule is COc1ccc(Cn2nc(C(F)(F)F)cc2C(=O)O)cc1. The minimum atomic E-state index is -4.69. The first kappa shape index (κ1) is 14.9. The second-order valence-corrected chi connectivity index (χ2v) is 4.22. The minimum Gasteiger partial charge on any atom is -0.497 e. The summed E-state index contributed by atoms with van der Waals surface area (Å²) in [5, 5.41) is 12.3. The van der Waals surface area contributed by atoms with Gasteiger partial charge >= 0.3 is 12.1 Å². The van der Waals surface area contributed by atoms with Crippen molar-refractivity contribution in [2.24, 2.45) is 0 Å². The maximum Gasteiger partial charge on any atom is 0.435 e. The van der Waals surface area contributed by atoms with Gasteiger partial charge in [-0.05, 0) is 17.7 Å². The molecule has 0 aliphatic heterocycles. The summed E-state index contributed by atoms with van der Waals surface area (Å²) in [5.41, 5.74) is -1.14. The van der Waals surface area contributed by atoms with Gasteiger partial charge in [-0.15, -0.1) is 0 Å². The molecule has 0 radical (unpaired) electrons. The Morgan fingerprint density at radius 3 is 2.43 bits per heavy atom. The summed E-state index contributed by atoms with van der Waals surface area (Å²) in [6, 6.07) is 7.03. The lowest BCUT2D eigenvalue weighted by molar-refractivity contribution is -0.141. The van der Waals surface area contributed by atoms with E-state index in [-0.39, 0.29) is 6.54 Å². The zero-order valence-corrected chi connectivity index (χ0v) is 10.9. The molecule has 0 spiro atoms. The van der Waals surface area contributed by atoms with E-state index in [0.717, 1.165) is 4.68 Å². The summed E-state index contributed by atoms with van der Waals surface area (Å²) >= 11 is 0. The smallest absolute Gasteiger partial charge is 0.435 e. The predicted octanol–water partition coefficient (Wildman–Crippen LogP) is 2.66. The largest absolute Gasteiger partial charge is 0.497 e. The molecular weight excluding hydrogens is 289 g/mol. The van der Waals surface area contributed by atoms with E-state index >= 15 is 0 Å². The highest BCUT2D eigenvalue weighted by atomic mass is 19.4. The van der Waals surface area contributed by atoms with E-state index in [1.54, 1.807) is 24.3 Å². The first-order valence-electron chi connectivity index (χ1n) is 5.82. The molecule has 21 heavy (non-hydrogen) atoms. The van der Waals surface area contributed by atoms with E-state index in [1.807, 2.05) is 0 Å². The van der Waals surface area contributed by atoms with Gasteiger partial charge in [0.1, 0.15) is 11.4 Å². The molecule has 0 saturated heterocycles. The number of halogens is 3. The Bertz CT molecular complexity index is 648. The third-order valence-corrected chi connectivity index (χ3v) is 2.78. The van der Waals surface area contributed by atoms with Crippen molar-refractivity contribution in [3.8, 4) is 5.75 Å². The standard InChI is InChI=1S/C13H11F3N2O3/c1-21-9-4-2-8(3-5-9)7-18-10(12(19)20)6-11(17-18)13(14,15)16/h2-6H,7H2,1H3,(H,19,20). The summed E-state index contributed by atoms with van der Waals surface area (Å²) in [7, 11) is 1.49. The van der Waals surface area contributed by atoms with E-state index in [1.165, 1.54) is 7.11 Å². The molecule has 0 aliphatic rings. The summed E-state index contributed by atoms with van der Waals surface area (Å²) in [5.74, 6) is -0.875. The van der Waals surface area contributed by atoms with E-state index in [0.29, 0.717) is 17.4 Å². The predicted molar refractivity (Wildman–Crippen MR) is 66.3 cm³/mol. The Hall–Kier alpha value is -2.51. The number of ether oxygens (including phenoxy) is 1. The fourth-order valence-corrected chi connectivity index (χ4v) is 1.75. The number of benzene rings is 1. The van der Waals surface area contributed by atoms with Gasteiger partial charge in [-0.2, -0.15) is 18.3 Å². The number of aromatic nitrogens is 2. The van der Waals surface area contributed by atoms with Crippen LogP contribution in [-0.4, -0.2) is 28.0 Å². The third kappa shape index (κ3) is 3.33. The molecule has 0 atom stereocenters. The van der Waals surface area contributed by atoms with Crippen LogP contribution in [-0.2, 0) is 12.7 Å². The molecule has 0 bridgehead atoms. The average molecular weight is 300 g/mol. The van der Waals surface area contributed by atoms with Crippen LogP contribution in [0.15, 0.2) is 30.3 Å². The monoisotopic (exact) mass is 300 g/mol. The average Bonchev–Trinajstić information content (AvgIpc) is 2.84. The number of alkyl halides is 3. The van der Waals surface area contributed by atoms with Crippen LogP contribution < -0.4 is 4.74 Å². The Kier molecular flexibility index (Phi) is 3.88. The molecule has 2 aromatic rings. The Morgan fingerprint density at radius 2 is 1.95 bits per heavy atom. The quantitative estimate of drug-likeness (QED) is 0.943. The highest BCUT2D eigenvalue weighted by Gasteiger charge is 2.35. The van der Waals surface area contributed by atoms with E-state index in [9.17, 15) is 18.0 Å².